The van der Waals surface area contributed by atoms with Gasteiger partial charge in [0.15, 0.2) is 12.0 Å². The number of amides is 1. The first kappa shape index (κ1) is 9.38. The highest BCUT2D eigenvalue weighted by molar-refractivity contribution is 5.79. The molecule has 1 unspecified atom stereocenters. The minimum absolute atomic E-state index is 0.411. The molecule has 0 saturated carbocycles. The van der Waals surface area contributed by atoms with Crippen molar-refractivity contribution in [2.75, 3.05) is 0 Å². The molecule has 3 N–H and O–H groups in total. The Balaban J connectivity index is 2.57. The predicted octanol–water partition coefficient (Wildman–Crippen LogP) is 0.824. The normalized spacial score (nSPS) is 12.0. The summed E-state index contributed by atoms with van der Waals surface area (Å²) in [5.74, 6) is 0.0418. The molecule has 0 bridgehead atoms. The van der Waals surface area contributed by atoms with Gasteiger partial charge in [0, 0.05) is 12.6 Å². The van der Waals surface area contributed by atoms with Crippen molar-refractivity contribution < 1.29 is 9.53 Å². The maximum atomic E-state index is 10.9. The number of aromatic amines is 1. The third kappa shape index (κ3) is 2.66. The fourth-order valence-electron chi connectivity index (χ4n) is 0.914. The molecular weight excluding hydrogens is 168 g/mol. The molecule has 0 aromatic carbocycles. The molecule has 0 radical (unpaired) electrons. The zero-order valence-electron chi connectivity index (χ0n) is 7.19. The van der Waals surface area contributed by atoms with Crippen LogP contribution in [0, 0.1) is 0 Å². The van der Waals surface area contributed by atoms with E-state index >= 15 is 0 Å². The van der Waals surface area contributed by atoms with Gasteiger partial charge in [0.1, 0.15) is 0 Å². The van der Waals surface area contributed by atoms with Gasteiger partial charge in [-0.1, -0.05) is 6.08 Å². The summed E-state index contributed by atoms with van der Waals surface area (Å²) < 4.78 is 5.25. The maximum Gasteiger partial charge on any atom is 0.258 e. The minimum Gasteiger partial charge on any atom is -0.465 e. The van der Waals surface area contributed by atoms with E-state index in [1.807, 2.05) is 0 Å². The zero-order valence-corrected chi connectivity index (χ0v) is 7.19. The van der Waals surface area contributed by atoms with Gasteiger partial charge in [-0.15, -0.1) is 6.58 Å². The number of carbonyl (C=O) groups is 1. The van der Waals surface area contributed by atoms with Gasteiger partial charge in [0.05, 0.1) is 0 Å². The maximum absolute atomic E-state index is 10.9. The number of hydrogen-bond acceptors (Lipinski definition) is 2. The van der Waals surface area contributed by atoms with Crippen LogP contribution in [0.2, 0.25) is 0 Å². The standard InChI is InChI=1S/C9H12N2O2/c1-2-4-7(9(10)12)13-8-5-3-6-11-8/h2-3,5-7,11H,1,4H2,(H2,10,12). The molecular formula is C9H12N2O2. The fourth-order valence-corrected chi connectivity index (χ4v) is 0.914. The number of nitrogens with two attached hydrogens (primary N) is 1. The number of hydrogen-bond donors (Lipinski definition) is 2. The first-order chi connectivity index (χ1) is 6.24. The Hall–Kier alpha value is -1.71. The molecule has 70 valence electrons. The quantitative estimate of drug-likeness (QED) is 0.659. The van der Waals surface area contributed by atoms with Gasteiger partial charge in [-0.25, -0.2) is 0 Å². The van der Waals surface area contributed by atoms with Crippen molar-refractivity contribution in [3.8, 4) is 5.88 Å². The molecule has 0 spiro atoms. The minimum atomic E-state index is -0.642. The second-order valence-electron chi connectivity index (χ2n) is 2.57. The van der Waals surface area contributed by atoms with Crippen LogP contribution in [-0.2, 0) is 4.79 Å². The summed E-state index contributed by atoms with van der Waals surface area (Å²) in [5.41, 5.74) is 5.11. The van der Waals surface area contributed by atoms with Crippen molar-refractivity contribution in [2.45, 2.75) is 12.5 Å². The van der Waals surface area contributed by atoms with Crippen LogP contribution >= 0.6 is 0 Å². The lowest BCUT2D eigenvalue weighted by Gasteiger charge is -2.11. The van der Waals surface area contributed by atoms with Crippen LogP contribution in [0.5, 0.6) is 5.88 Å². The van der Waals surface area contributed by atoms with Gasteiger partial charge in [-0.05, 0) is 12.1 Å². The van der Waals surface area contributed by atoms with Crippen LogP contribution in [0.25, 0.3) is 0 Å². The lowest BCUT2D eigenvalue weighted by molar-refractivity contribution is -0.124. The second-order valence-corrected chi connectivity index (χ2v) is 2.57. The van der Waals surface area contributed by atoms with Gasteiger partial charge in [-0.2, -0.15) is 0 Å². The topological polar surface area (TPSA) is 68.1 Å². The second kappa shape index (κ2) is 4.35. The zero-order chi connectivity index (χ0) is 9.68. The molecule has 0 aliphatic heterocycles. The molecule has 1 atom stereocenters. The first-order valence-corrected chi connectivity index (χ1v) is 3.94. The number of aromatic nitrogens is 1. The number of primary amides is 1. The molecule has 13 heavy (non-hydrogen) atoms. The summed E-state index contributed by atoms with van der Waals surface area (Å²) in [6, 6.07) is 3.50. The van der Waals surface area contributed by atoms with Gasteiger partial charge in [-0.3, -0.25) is 4.79 Å². The van der Waals surface area contributed by atoms with Crippen LogP contribution < -0.4 is 10.5 Å². The molecule has 1 aromatic heterocycles. The van der Waals surface area contributed by atoms with E-state index in [-0.39, 0.29) is 0 Å². The van der Waals surface area contributed by atoms with Crippen molar-refractivity contribution in [3.05, 3.63) is 31.0 Å². The highest BCUT2D eigenvalue weighted by Gasteiger charge is 2.15. The van der Waals surface area contributed by atoms with Gasteiger partial charge in [0.25, 0.3) is 5.91 Å². The van der Waals surface area contributed by atoms with Gasteiger partial charge < -0.3 is 15.5 Å². The average molecular weight is 180 g/mol. The monoisotopic (exact) mass is 180 g/mol. The summed E-state index contributed by atoms with van der Waals surface area (Å²) in [7, 11) is 0. The summed E-state index contributed by atoms with van der Waals surface area (Å²) >= 11 is 0. The Bertz CT molecular complexity index is 280. The van der Waals surface area contributed by atoms with E-state index in [9.17, 15) is 4.79 Å². The summed E-state index contributed by atoms with van der Waals surface area (Å²) in [6.45, 7) is 3.51. The highest BCUT2D eigenvalue weighted by atomic mass is 16.5. The van der Waals surface area contributed by atoms with Crippen LogP contribution in [-0.4, -0.2) is 17.0 Å². The molecule has 1 aromatic rings. The predicted molar refractivity (Wildman–Crippen MR) is 49.2 cm³/mol. The molecule has 4 heteroatoms. The molecule has 4 nitrogen and oxygen atoms in total. The number of carbonyl (C=O) groups excluding carboxylic acids is 1. The third-order valence-corrected chi connectivity index (χ3v) is 1.54. The fraction of sp³-hybridized carbons (Fsp3) is 0.222. The lowest BCUT2D eigenvalue weighted by Crippen LogP contribution is -2.33. The Labute approximate surface area is 76.4 Å². The highest BCUT2D eigenvalue weighted by Crippen LogP contribution is 2.09. The average Bonchev–Trinajstić information content (AvgIpc) is 2.56. The Morgan fingerprint density at radius 1 is 1.85 bits per heavy atom. The van der Waals surface area contributed by atoms with Crippen LogP contribution in [0.1, 0.15) is 6.42 Å². The largest absolute Gasteiger partial charge is 0.465 e. The molecule has 1 heterocycles. The van der Waals surface area contributed by atoms with E-state index in [4.69, 9.17) is 10.5 Å². The van der Waals surface area contributed by atoms with Crippen molar-refractivity contribution in [2.24, 2.45) is 5.73 Å². The molecule has 1 amide bonds. The van der Waals surface area contributed by atoms with E-state index in [0.29, 0.717) is 12.3 Å². The van der Waals surface area contributed by atoms with Crippen molar-refractivity contribution >= 4 is 5.91 Å². The number of rotatable bonds is 5. The smallest absolute Gasteiger partial charge is 0.258 e. The van der Waals surface area contributed by atoms with Crippen molar-refractivity contribution in [1.29, 1.82) is 0 Å². The first-order valence-electron chi connectivity index (χ1n) is 3.94. The SMILES string of the molecule is C=CCC(Oc1ccc[nH]1)C(N)=O. The molecule has 0 aliphatic rings. The molecule has 1 rings (SSSR count). The summed E-state index contributed by atoms with van der Waals surface area (Å²) in [4.78, 5) is 13.7. The van der Waals surface area contributed by atoms with Crippen LogP contribution in [0.3, 0.4) is 0 Å². The third-order valence-electron chi connectivity index (χ3n) is 1.54. The van der Waals surface area contributed by atoms with Crippen LogP contribution in [0.15, 0.2) is 31.0 Å². The van der Waals surface area contributed by atoms with E-state index < -0.39 is 12.0 Å². The van der Waals surface area contributed by atoms with Crippen LogP contribution in [0.4, 0.5) is 0 Å². The Kier molecular flexibility index (Phi) is 3.14. The van der Waals surface area contributed by atoms with Crippen molar-refractivity contribution in [3.63, 3.8) is 0 Å². The van der Waals surface area contributed by atoms with E-state index in [1.54, 1.807) is 24.4 Å². The van der Waals surface area contributed by atoms with E-state index in [2.05, 4.69) is 11.6 Å². The number of ether oxygens (including phenoxy) is 1. The van der Waals surface area contributed by atoms with E-state index in [1.165, 1.54) is 0 Å². The van der Waals surface area contributed by atoms with E-state index in [0.717, 1.165) is 0 Å². The Morgan fingerprint density at radius 3 is 3.08 bits per heavy atom. The Morgan fingerprint density at radius 2 is 2.62 bits per heavy atom. The number of nitrogens with one attached hydrogen (secondary N) is 1. The van der Waals surface area contributed by atoms with Gasteiger partial charge in [0.2, 0.25) is 0 Å². The number of H-pyrrole nitrogens is 1. The molecule has 0 fully saturated rings. The summed E-state index contributed by atoms with van der Waals surface area (Å²) in [6.07, 6.45) is 3.07. The molecule has 0 saturated heterocycles. The molecule has 0 aliphatic carbocycles. The van der Waals surface area contributed by atoms with Crippen molar-refractivity contribution in [1.82, 2.24) is 4.98 Å². The lowest BCUT2D eigenvalue weighted by atomic mass is 10.2. The van der Waals surface area contributed by atoms with Gasteiger partial charge >= 0.3 is 0 Å². The summed E-state index contributed by atoms with van der Waals surface area (Å²) in [5, 5.41) is 0.